The first-order valence-electron chi connectivity index (χ1n) is 7.67. The lowest BCUT2D eigenvalue weighted by atomic mass is 10.1. The average molecular weight is 368 g/mol. The van der Waals surface area contributed by atoms with Crippen LogP contribution in [0.1, 0.15) is 23.2 Å². The van der Waals surface area contributed by atoms with Crippen LogP contribution >= 0.6 is 15.9 Å². The van der Waals surface area contributed by atoms with Crippen LogP contribution in [0.15, 0.2) is 69.7 Å². The fourth-order valence-corrected chi connectivity index (χ4v) is 2.74. The van der Waals surface area contributed by atoms with Gasteiger partial charge in [-0.1, -0.05) is 63.6 Å². The number of halogens is 1. The Morgan fingerprint density at radius 3 is 2.52 bits per heavy atom. The molecule has 0 atom stereocenters. The molecule has 0 aliphatic rings. The van der Waals surface area contributed by atoms with Gasteiger partial charge in [-0.05, 0) is 49.6 Å². The van der Waals surface area contributed by atoms with Gasteiger partial charge in [0, 0.05) is 15.6 Å². The standard InChI is InChI=1S/C20H18BrNO/c1-15-19(10-6-5-9-16-7-3-2-4-8-16)20(23-22-15)17-11-13-18(21)14-12-17/h2-4,6-8,10-14H,5,9H2,1H3. The molecule has 116 valence electrons. The molecule has 0 bridgehead atoms. The topological polar surface area (TPSA) is 26.0 Å². The van der Waals surface area contributed by atoms with E-state index in [1.165, 1.54) is 5.56 Å². The van der Waals surface area contributed by atoms with E-state index >= 15 is 0 Å². The molecule has 0 spiro atoms. The number of aryl methyl sites for hydroxylation is 2. The number of benzene rings is 2. The van der Waals surface area contributed by atoms with Crippen LogP contribution in [0.5, 0.6) is 0 Å². The number of rotatable bonds is 5. The van der Waals surface area contributed by atoms with Gasteiger partial charge in [-0.3, -0.25) is 0 Å². The molecule has 0 amide bonds. The molecule has 0 unspecified atom stereocenters. The van der Waals surface area contributed by atoms with E-state index in [4.69, 9.17) is 4.52 Å². The fraction of sp³-hybridized carbons (Fsp3) is 0.150. The molecule has 0 saturated heterocycles. The lowest BCUT2D eigenvalue weighted by Crippen LogP contribution is -1.83. The van der Waals surface area contributed by atoms with Gasteiger partial charge in [-0.15, -0.1) is 0 Å². The first-order valence-corrected chi connectivity index (χ1v) is 8.46. The Labute approximate surface area is 145 Å². The summed E-state index contributed by atoms with van der Waals surface area (Å²) >= 11 is 3.45. The quantitative estimate of drug-likeness (QED) is 0.547. The van der Waals surface area contributed by atoms with Crippen molar-refractivity contribution >= 4 is 22.0 Å². The van der Waals surface area contributed by atoms with Crippen molar-refractivity contribution in [1.29, 1.82) is 0 Å². The van der Waals surface area contributed by atoms with Crippen molar-refractivity contribution in [2.45, 2.75) is 19.8 Å². The summed E-state index contributed by atoms with van der Waals surface area (Å²) in [5.41, 5.74) is 4.36. The molecule has 2 nitrogen and oxygen atoms in total. The van der Waals surface area contributed by atoms with Crippen LogP contribution in [0.25, 0.3) is 17.4 Å². The minimum atomic E-state index is 0.825. The van der Waals surface area contributed by atoms with Crippen molar-refractivity contribution in [3.8, 4) is 11.3 Å². The Bertz CT molecular complexity index is 788. The van der Waals surface area contributed by atoms with Crippen LogP contribution in [-0.4, -0.2) is 5.16 Å². The highest BCUT2D eigenvalue weighted by Gasteiger charge is 2.12. The molecule has 23 heavy (non-hydrogen) atoms. The largest absolute Gasteiger partial charge is 0.355 e. The zero-order chi connectivity index (χ0) is 16.1. The van der Waals surface area contributed by atoms with Gasteiger partial charge in [0.25, 0.3) is 0 Å². The summed E-state index contributed by atoms with van der Waals surface area (Å²) in [6.07, 6.45) is 6.34. The normalized spacial score (nSPS) is 11.2. The van der Waals surface area contributed by atoms with Gasteiger partial charge in [0.2, 0.25) is 0 Å². The summed E-state index contributed by atoms with van der Waals surface area (Å²) in [5.74, 6) is 0.825. The molecule has 1 aromatic heterocycles. The maximum absolute atomic E-state index is 5.52. The minimum absolute atomic E-state index is 0.825. The Morgan fingerprint density at radius 2 is 1.78 bits per heavy atom. The van der Waals surface area contributed by atoms with Gasteiger partial charge in [-0.25, -0.2) is 0 Å². The van der Waals surface area contributed by atoms with E-state index in [1.807, 2.05) is 37.3 Å². The molecule has 3 rings (SSSR count). The number of aromatic nitrogens is 1. The number of allylic oxidation sites excluding steroid dienone is 1. The van der Waals surface area contributed by atoms with E-state index < -0.39 is 0 Å². The Balaban J connectivity index is 1.74. The first-order chi connectivity index (χ1) is 11.2. The van der Waals surface area contributed by atoms with E-state index in [0.29, 0.717) is 0 Å². The van der Waals surface area contributed by atoms with Crippen molar-refractivity contribution in [2.24, 2.45) is 0 Å². The summed E-state index contributed by atoms with van der Waals surface area (Å²) in [6.45, 7) is 1.97. The molecule has 0 aliphatic heterocycles. The molecule has 0 saturated carbocycles. The van der Waals surface area contributed by atoms with Crippen molar-refractivity contribution in [3.05, 3.63) is 82.0 Å². The maximum atomic E-state index is 5.52. The molecule has 0 aliphatic carbocycles. The van der Waals surface area contributed by atoms with Crippen molar-refractivity contribution in [1.82, 2.24) is 5.16 Å². The molecule has 2 aromatic carbocycles. The van der Waals surface area contributed by atoms with Gasteiger partial charge in [0.15, 0.2) is 5.76 Å². The second-order valence-corrected chi connectivity index (χ2v) is 6.36. The highest BCUT2D eigenvalue weighted by Crippen LogP contribution is 2.28. The maximum Gasteiger partial charge on any atom is 0.174 e. The third-order valence-corrected chi connectivity index (χ3v) is 4.27. The van der Waals surface area contributed by atoms with Crippen LogP contribution < -0.4 is 0 Å². The lowest BCUT2D eigenvalue weighted by Gasteiger charge is -1.99. The SMILES string of the molecule is Cc1noc(-c2ccc(Br)cc2)c1C=CCCc1ccccc1. The highest BCUT2D eigenvalue weighted by molar-refractivity contribution is 9.10. The number of nitrogens with zero attached hydrogens (tertiary/aromatic N) is 1. The van der Waals surface area contributed by atoms with Gasteiger partial charge in [0.05, 0.1) is 5.69 Å². The van der Waals surface area contributed by atoms with Crippen LogP contribution in [0, 0.1) is 6.92 Å². The summed E-state index contributed by atoms with van der Waals surface area (Å²) in [7, 11) is 0. The average Bonchev–Trinajstić information content (AvgIpc) is 2.94. The van der Waals surface area contributed by atoms with Gasteiger partial charge >= 0.3 is 0 Å². The van der Waals surface area contributed by atoms with E-state index in [0.717, 1.165) is 39.9 Å². The molecule has 1 heterocycles. The van der Waals surface area contributed by atoms with E-state index in [2.05, 4.69) is 57.5 Å². The second-order valence-electron chi connectivity index (χ2n) is 5.44. The zero-order valence-corrected chi connectivity index (χ0v) is 14.6. The summed E-state index contributed by atoms with van der Waals surface area (Å²) in [5, 5.41) is 4.11. The second kappa shape index (κ2) is 7.42. The van der Waals surface area contributed by atoms with Crippen LogP contribution in [0.2, 0.25) is 0 Å². The van der Waals surface area contributed by atoms with E-state index in [1.54, 1.807) is 0 Å². The predicted octanol–water partition coefficient (Wildman–Crippen LogP) is 6.06. The van der Waals surface area contributed by atoms with Crippen molar-refractivity contribution in [2.75, 3.05) is 0 Å². The minimum Gasteiger partial charge on any atom is -0.355 e. The third-order valence-electron chi connectivity index (χ3n) is 3.74. The predicted molar refractivity (Wildman–Crippen MR) is 98.2 cm³/mol. The summed E-state index contributed by atoms with van der Waals surface area (Å²) in [6, 6.07) is 18.6. The molecular formula is C20H18BrNO. The third kappa shape index (κ3) is 3.99. The molecule has 0 N–H and O–H groups in total. The molecule has 3 heteroatoms. The lowest BCUT2D eigenvalue weighted by molar-refractivity contribution is 0.427. The monoisotopic (exact) mass is 367 g/mol. The van der Waals surface area contributed by atoms with Gasteiger partial charge in [-0.2, -0.15) is 0 Å². The Kier molecular flexibility index (Phi) is 5.09. The Hall–Kier alpha value is -2.13. The smallest absolute Gasteiger partial charge is 0.174 e. The van der Waals surface area contributed by atoms with E-state index in [9.17, 15) is 0 Å². The van der Waals surface area contributed by atoms with Gasteiger partial charge < -0.3 is 4.52 Å². The van der Waals surface area contributed by atoms with Crippen molar-refractivity contribution in [3.63, 3.8) is 0 Å². The first kappa shape index (κ1) is 15.8. The van der Waals surface area contributed by atoms with Crippen LogP contribution in [-0.2, 0) is 6.42 Å². The molecule has 3 aromatic rings. The summed E-state index contributed by atoms with van der Waals surface area (Å²) in [4.78, 5) is 0. The van der Waals surface area contributed by atoms with Crippen molar-refractivity contribution < 1.29 is 4.52 Å². The van der Waals surface area contributed by atoms with E-state index in [-0.39, 0.29) is 0 Å². The molecule has 0 radical (unpaired) electrons. The number of hydrogen-bond donors (Lipinski definition) is 0. The zero-order valence-electron chi connectivity index (χ0n) is 13.0. The molecular weight excluding hydrogens is 350 g/mol. The van der Waals surface area contributed by atoms with Gasteiger partial charge in [0.1, 0.15) is 0 Å². The van der Waals surface area contributed by atoms with Crippen LogP contribution in [0.3, 0.4) is 0 Å². The molecule has 0 fully saturated rings. The number of hydrogen-bond acceptors (Lipinski definition) is 2. The summed E-state index contributed by atoms with van der Waals surface area (Å²) < 4.78 is 6.57. The Morgan fingerprint density at radius 1 is 1.04 bits per heavy atom. The van der Waals surface area contributed by atoms with Crippen LogP contribution in [0.4, 0.5) is 0 Å². The highest BCUT2D eigenvalue weighted by atomic mass is 79.9. The fourth-order valence-electron chi connectivity index (χ4n) is 2.48.